The van der Waals surface area contributed by atoms with E-state index in [1.54, 1.807) is 24.7 Å². The fraction of sp³-hybridized carbons (Fsp3) is 0.0800. The first-order valence-electron chi connectivity index (χ1n) is 10.4. The number of carbonyl (C=O) groups is 1. The zero-order chi connectivity index (χ0) is 23.7. The summed E-state index contributed by atoms with van der Waals surface area (Å²) in [5.74, 6) is -0.209. The Balaban J connectivity index is 1.36. The van der Waals surface area contributed by atoms with Crippen LogP contribution in [0.4, 0.5) is 0 Å². The second kappa shape index (κ2) is 9.62. The van der Waals surface area contributed by atoms with Crippen LogP contribution in [0.5, 0.6) is 0 Å². The number of hydrogen-bond donors (Lipinski definition) is 2. The number of fused-ring (bicyclic) bond motifs is 2. The van der Waals surface area contributed by atoms with Crippen molar-refractivity contribution >= 4 is 73.2 Å². The van der Waals surface area contributed by atoms with Gasteiger partial charge in [-0.1, -0.05) is 45.2 Å². The van der Waals surface area contributed by atoms with Crippen molar-refractivity contribution in [3.05, 3.63) is 98.3 Å². The number of nitrogens with zero attached hydrogens (tertiary/aromatic N) is 3. The van der Waals surface area contributed by atoms with Gasteiger partial charge in [0.1, 0.15) is 5.65 Å². The van der Waals surface area contributed by atoms with Crippen LogP contribution < -0.4 is 5.43 Å². The molecule has 0 unspecified atom stereocenters. The number of benzene rings is 2. The summed E-state index contributed by atoms with van der Waals surface area (Å²) in [6.45, 7) is 0.572. The third kappa shape index (κ3) is 4.73. The quantitative estimate of drug-likeness (QED) is 0.190. The lowest BCUT2D eigenvalue weighted by Gasteiger charge is -2.08. The lowest BCUT2D eigenvalue weighted by atomic mass is 10.1. The van der Waals surface area contributed by atoms with Crippen LogP contribution in [-0.2, 0) is 17.8 Å². The van der Waals surface area contributed by atoms with Crippen molar-refractivity contribution in [2.75, 3.05) is 0 Å². The van der Waals surface area contributed by atoms with Gasteiger partial charge in [0, 0.05) is 61.5 Å². The molecule has 0 bridgehead atoms. The van der Waals surface area contributed by atoms with Gasteiger partial charge >= 0.3 is 0 Å². The standard InChI is InChI=1S/C25H18BrCl2N5O/c26-18-4-6-23-21(9-18)17(14-33(23)13-15-3-5-19(27)10-22(15)28)12-31-32-24(34)8-16-11-30-25-20(16)2-1-7-29-25/h1-7,9-12,14H,8,13H2,(H,29,30)(H,32,34)/b31-12+. The number of carbonyl (C=O) groups excluding carboxylic acids is 1. The van der Waals surface area contributed by atoms with E-state index in [1.807, 2.05) is 48.7 Å². The largest absolute Gasteiger partial charge is 0.346 e. The average Bonchev–Trinajstić information content (AvgIpc) is 3.37. The molecular weight excluding hydrogens is 537 g/mol. The maximum Gasteiger partial charge on any atom is 0.244 e. The van der Waals surface area contributed by atoms with E-state index in [9.17, 15) is 4.79 Å². The van der Waals surface area contributed by atoms with Gasteiger partial charge in [-0.25, -0.2) is 10.4 Å². The Hall–Kier alpha value is -3.13. The van der Waals surface area contributed by atoms with Crippen LogP contribution in [0.2, 0.25) is 10.0 Å². The number of aromatic amines is 1. The molecule has 5 aromatic rings. The summed E-state index contributed by atoms with van der Waals surface area (Å²) in [6, 6.07) is 15.3. The van der Waals surface area contributed by atoms with Gasteiger partial charge in [-0.15, -0.1) is 0 Å². The molecule has 1 amide bonds. The number of H-pyrrole nitrogens is 1. The molecule has 5 rings (SSSR count). The average molecular weight is 555 g/mol. The summed E-state index contributed by atoms with van der Waals surface area (Å²) in [7, 11) is 0. The van der Waals surface area contributed by atoms with Crippen molar-refractivity contribution in [2.24, 2.45) is 5.10 Å². The van der Waals surface area contributed by atoms with E-state index in [2.05, 4.69) is 41.0 Å². The lowest BCUT2D eigenvalue weighted by Crippen LogP contribution is -2.19. The maximum absolute atomic E-state index is 12.5. The van der Waals surface area contributed by atoms with E-state index in [0.717, 1.165) is 43.1 Å². The van der Waals surface area contributed by atoms with E-state index in [4.69, 9.17) is 23.2 Å². The molecule has 170 valence electrons. The number of nitrogens with one attached hydrogen (secondary N) is 2. The Labute approximate surface area is 213 Å². The molecule has 0 spiro atoms. The van der Waals surface area contributed by atoms with Crippen LogP contribution in [0.1, 0.15) is 16.7 Å². The number of aromatic nitrogens is 3. The van der Waals surface area contributed by atoms with Gasteiger partial charge in [0.05, 0.1) is 12.6 Å². The summed E-state index contributed by atoms with van der Waals surface area (Å²) in [5, 5.41) is 7.35. The highest BCUT2D eigenvalue weighted by atomic mass is 79.9. The number of hydrazone groups is 1. The predicted octanol–water partition coefficient (Wildman–Crippen LogP) is 6.33. The summed E-state index contributed by atoms with van der Waals surface area (Å²) in [5.41, 5.74) is 7.11. The van der Waals surface area contributed by atoms with Crippen LogP contribution in [0, 0.1) is 0 Å². The van der Waals surface area contributed by atoms with Crippen molar-refractivity contribution < 1.29 is 4.79 Å². The van der Waals surface area contributed by atoms with Crippen LogP contribution in [0.15, 0.2) is 76.7 Å². The second-order valence-corrected chi connectivity index (χ2v) is 9.55. The molecule has 2 N–H and O–H groups in total. The van der Waals surface area contributed by atoms with Crippen molar-refractivity contribution in [1.82, 2.24) is 20.0 Å². The molecule has 3 aromatic heterocycles. The first-order chi connectivity index (χ1) is 16.5. The Bertz CT molecular complexity index is 1560. The topological polar surface area (TPSA) is 75.1 Å². The SMILES string of the molecule is O=C(Cc1c[nH]c2ncccc12)N/N=C/c1cn(Cc2ccc(Cl)cc2Cl)c2ccc(Br)cc12. The second-order valence-electron chi connectivity index (χ2n) is 7.79. The monoisotopic (exact) mass is 553 g/mol. The van der Waals surface area contributed by atoms with Crippen LogP contribution in [-0.4, -0.2) is 26.7 Å². The smallest absolute Gasteiger partial charge is 0.244 e. The van der Waals surface area contributed by atoms with Crippen molar-refractivity contribution in [3.8, 4) is 0 Å². The molecule has 3 heterocycles. The van der Waals surface area contributed by atoms with Gasteiger partial charge in [0.2, 0.25) is 5.91 Å². The lowest BCUT2D eigenvalue weighted by molar-refractivity contribution is -0.120. The molecule has 0 aliphatic carbocycles. The Morgan fingerprint density at radius 2 is 2.03 bits per heavy atom. The molecule has 0 saturated carbocycles. The van der Waals surface area contributed by atoms with E-state index in [0.29, 0.717) is 16.6 Å². The normalized spacial score (nSPS) is 11.6. The van der Waals surface area contributed by atoms with Gasteiger partial charge in [0.25, 0.3) is 0 Å². The molecule has 0 atom stereocenters. The molecule has 0 fully saturated rings. The molecule has 2 aromatic carbocycles. The van der Waals surface area contributed by atoms with Crippen molar-refractivity contribution in [1.29, 1.82) is 0 Å². The fourth-order valence-corrected chi connectivity index (χ4v) is 4.74. The number of halogens is 3. The third-order valence-electron chi connectivity index (χ3n) is 5.51. The zero-order valence-electron chi connectivity index (χ0n) is 17.7. The van der Waals surface area contributed by atoms with Gasteiger partial charge in [-0.3, -0.25) is 4.79 Å². The van der Waals surface area contributed by atoms with Gasteiger partial charge in [-0.05, 0) is 53.6 Å². The van der Waals surface area contributed by atoms with E-state index in [1.165, 1.54) is 0 Å². The third-order valence-corrected chi connectivity index (χ3v) is 6.59. The molecule has 6 nitrogen and oxygen atoms in total. The van der Waals surface area contributed by atoms with Gasteiger partial charge < -0.3 is 9.55 Å². The van der Waals surface area contributed by atoms with Crippen molar-refractivity contribution in [3.63, 3.8) is 0 Å². The first kappa shape index (κ1) is 22.7. The van der Waals surface area contributed by atoms with Crippen LogP contribution in [0.3, 0.4) is 0 Å². The number of rotatable bonds is 6. The molecule has 0 radical (unpaired) electrons. The van der Waals surface area contributed by atoms with Crippen LogP contribution in [0.25, 0.3) is 21.9 Å². The summed E-state index contributed by atoms with van der Waals surface area (Å²) in [6.07, 6.45) is 7.36. The Morgan fingerprint density at radius 3 is 2.88 bits per heavy atom. The van der Waals surface area contributed by atoms with Crippen molar-refractivity contribution in [2.45, 2.75) is 13.0 Å². The van der Waals surface area contributed by atoms with E-state index < -0.39 is 0 Å². The number of amides is 1. The highest BCUT2D eigenvalue weighted by Crippen LogP contribution is 2.27. The van der Waals surface area contributed by atoms with E-state index >= 15 is 0 Å². The van der Waals surface area contributed by atoms with E-state index in [-0.39, 0.29) is 12.3 Å². The Kier molecular flexibility index (Phi) is 6.41. The van der Waals surface area contributed by atoms with Gasteiger partial charge in [0.15, 0.2) is 0 Å². The van der Waals surface area contributed by atoms with Gasteiger partial charge in [-0.2, -0.15) is 5.10 Å². The summed E-state index contributed by atoms with van der Waals surface area (Å²) in [4.78, 5) is 19.8. The minimum atomic E-state index is -0.209. The molecular formula is C25H18BrCl2N5O. The number of pyridine rings is 1. The first-order valence-corrected chi connectivity index (χ1v) is 12.0. The molecule has 9 heteroatoms. The number of hydrogen-bond acceptors (Lipinski definition) is 3. The molecule has 0 aliphatic rings. The predicted molar refractivity (Wildman–Crippen MR) is 141 cm³/mol. The summed E-state index contributed by atoms with van der Waals surface area (Å²) >= 11 is 16.0. The van der Waals surface area contributed by atoms with Crippen LogP contribution >= 0.6 is 39.1 Å². The zero-order valence-corrected chi connectivity index (χ0v) is 20.8. The fourth-order valence-electron chi connectivity index (χ4n) is 3.91. The molecule has 0 saturated heterocycles. The minimum absolute atomic E-state index is 0.200. The highest BCUT2D eigenvalue weighted by molar-refractivity contribution is 9.10. The molecule has 0 aliphatic heterocycles. The Morgan fingerprint density at radius 1 is 1.15 bits per heavy atom. The molecule has 34 heavy (non-hydrogen) atoms. The summed E-state index contributed by atoms with van der Waals surface area (Å²) < 4.78 is 3.05. The highest BCUT2D eigenvalue weighted by Gasteiger charge is 2.11. The minimum Gasteiger partial charge on any atom is -0.346 e. The maximum atomic E-state index is 12.5.